The molecule has 1 aromatic rings. The average molecular weight is 276 g/mol. The number of nitrogens with one attached hydrogen (secondary N) is 2. The first kappa shape index (κ1) is 13.3. The van der Waals surface area contributed by atoms with Crippen molar-refractivity contribution in [2.24, 2.45) is 0 Å². The zero-order valence-electron chi connectivity index (χ0n) is 11.5. The van der Waals surface area contributed by atoms with E-state index in [1.54, 1.807) is 0 Å². The van der Waals surface area contributed by atoms with E-state index in [0.717, 1.165) is 25.9 Å². The van der Waals surface area contributed by atoms with Gasteiger partial charge in [0.25, 0.3) is 11.5 Å². The Kier molecular flexibility index (Phi) is 3.56. The van der Waals surface area contributed by atoms with Crippen LogP contribution in [0, 0.1) is 0 Å². The molecule has 1 spiro atoms. The van der Waals surface area contributed by atoms with Crippen LogP contribution in [0.3, 0.4) is 0 Å². The van der Waals surface area contributed by atoms with Gasteiger partial charge >= 0.3 is 0 Å². The first-order valence-corrected chi connectivity index (χ1v) is 7.30. The Labute approximate surface area is 117 Å². The van der Waals surface area contributed by atoms with E-state index in [0.29, 0.717) is 12.2 Å². The predicted octanol–water partition coefficient (Wildman–Crippen LogP) is 0.518. The summed E-state index contributed by atoms with van der Waals surface area (Å²) in [7, 11) is 0. The second-order valence-electron chi connectivity index (χ2n) is 5.73. The zero-order valence-corrected chi connectivity index (χ0v) is 11.5. The van der Waals surface area contributed by atoms with Gasteiger partial charge in [-0.25, -0.2) is 5.10 Å². The minimum Gasteiger partial charge on any atom is -0.329 e. The predicted molar refractivity (Wildman–Crippen MR) is 74.6 cm³/mol. The third kappa shape index (κ3) is 2.35. The van der Waals surface area contributed by atoms with E-state index in [2.05, 4.69) is 15.5 Å². The molecule has 1 aliphatic heterocycles. The lowest BCUT2D eigenvalue weighted by molar-refractivity contribution is 0.0216. The lowest BCUT2D eigenvalue weighted by atomic mass is 9.79. The number of hydrogen-bond acceptors (Lipinski definition) is 4. The van der Waals surface area contributed by atoms with E-state index in [9.17, 15) is 9.59 Å². The number of carbonyl (C=O) groups excluding carboxylic acids is 1. The van der Waals surface area contributed by atoms with Gasteiger partial charge in [0.2, 0.25) is 0 Å². The van der Waals surface area contributed by atoms with Gasteiger partial charge in [-0.05, 0) is 18.9 Å². The summed E-state index contributed by atoms with van der Waals surface area (Å²) in [4.78, 5) is 25.7. The van der Waals surface area contributed by atoms with Gasteiger partial charge < -0.3 is 10.2 Å². The molecule has 0 unspecified atom stereocenters. The smallest absolute Gasteiger partial charge is 0.274 e. The van der Waals surface area contributed by atoms with Crippen LogP contribution in [-0.2, 0) is 0 Å². The van der Waals surface area contributed by atoms with Crippen LogP contribution in [-0.4, -0.2) is 46.2 Å². The normalized spacial score (nSPS) is 21.9. The number of rotatable bonds is 1. The van der Waals surface area contributed by atoms with Crippen molar-refractivity contribution < 1.29 is 4.79 Å². The van der Waals surface area contributed by atoms with E-state index in [1.165, 1.54) is 31.4 Å². The molecule has 1 aliphatic carbocycles. The maximum absolute atomic E-state index is 12.7. The van der Waals surface area contributed by atoms with Crippen LogP contribution in [0.2, 0.25) is 0 Å². The highest BCUT2D eigenvalue weighted by molar-refractivity contribution is 5.92. The Morgan fingerprint density at radius 2 is 2.05 bits per heavy atom. The Balaban J connectivity index is 1.87. The summed E-state index contributed by atoms with van der Waals surface area (Å²) < 4.78 is 0. The lowest BCUT2D eigenvalue weighted by Crippen LogP contribution is -2.63. The fourth-order valence-electron chi connectivity index (χ4n) is 3.42. The summed E-state index contributed by atoms with van der Waals surface area (Å²) in [6, 6.07) is 2.87. The van der Waals surface area contributed by atoms with Gasteiger partial charge in [0.15, 0.2) is 0 Å². The van der Waals surface area contributed by atoms with Gasteiger partial charge in [0, 0.05) is 25.7 Å². The highest BCUT2D eigenvalue weighted by Crippen LogP contribution is 2.35. The van der Waals surface area contributed by atoms with Crippen molar-refractivity contribution >= 4 is 5.91 Å². The summed E-state index contributed by atoms with van der Waals surface area (Å²) >= 11 is 0. The molecule has 3 rings (SSSR count). The van der Waals surface area contributed by atoms with Crippen molar-refractivity contribution in [3.05, 3.63) is 28.2 Å². The highest BCUT2D eigenvalue weighted by atomic mass is 16.2. The van der Waals surface area contributed by atoms with Crippen molar-refractivity contribution in [2.75, 3.05) is 19.6 Å². The summed E-state index contributed by atoms with van der Waals surface area (Å²) in [5.74, 6) is -0.0651. The number of aromatic nitrogens is 2. The number of H-pyrrole nitrogens is 1. The molecule has 2 heterocycles. The van der Waals surface area contributed by atoms with Crippen LogP contribution in [0.4, 0.5) is 0 Å². The topological polar surface area (TPSA) is 78.1 Å². The molecule has 0 aromatic carbocycles. The molecule has 108 valence electrons. The Morgan fingerprint density at radius 1 is 1.25 bits per heavy atom. The summed E-state index contributed by atoms with van der Waals surface area (Å²) in [6.07, 6.45) is 5.69. The van der Waals surface area contributed by atoms with Crippen LogP contribution in [0.15, 0.2) is 16.9 Å². The van der Waals surface area contributed by atoms with Crippen LogP contribution >= 0.6 is 0 Å². The van der Waals surface area contributed by atoms with Crippen molar-refractivity contribution in [1.29, 1.82) is 0 Å². The van der Waals surface area contributed by atoms with Crippen molar-refractivity contribution in [3.63, 3.8) is 0 Å². The number of nitrogens with zero attached hydrogens (tertiary/aromatic N) is 2. The molecule has 2 N–H and O–H groups in total. The standard InChI is InChI=1S/C14H20N4O2/c19-12-5-4-11(16-17-12)13(20)18-9-8-15-10-14(18)6-2-1-3-7-14/h4-5,15H,1-3,6-10H2,(H,17,19). The third-order valence-corrected chi connectivity index (χ3v) is 4.47. The molecule has 6 nitrogen and oxygen atoms in total. The molecule has 1 saturated heterocycles. The van der Waals surface area contributed by atoms with Gasteiger partial charge in [0.1, 0.15) is 5.69 Å². The van der Waals surface area contributed by atoms with E-state index in [1.807, 2.05) is 4.90 Å². The molecule has 0 bridgehead atoms. The zero-order chi connectivity index (χ0) is 14.0. The Morgan fingerprint density at radius 3 is 2.75 bits per heavy atom. The SMILES string of the molecule is O=C(c1ccc(=O)[nH]n1)N1CCNCC12CCCCC2. The molecule has 1 amide bonds. The molecule has 2 aliphatic rings. The number of aromatic amines is 1. The maximum atomic E-state index is 12.7. The minimum atomic E-state index is -0.283. The van der Waals surface area contributed by atoms with Crippen LogP contribution < -0.4 is 10.9 Å². The molecule has 20 heavy (non-hydrogen) atoms. The first-order valence-electron chi connectivity index (χ1n) is 7.30. The molecular weight excluding hydrogens is 256 g/mol. The summed E-state index contributed by atoms with van der Waals surface area (Å²) in [5.41, 5.74) is -0.0172. The maximum Gasteiger partial charge on any atom is 0.274 e. The minimum absolute atomic E-state index is 0.0641. The number of piperazine rings is 1. The van der Waals surface area contributed by atoms with Crippen molar-refractivity contribution in [2.45, 2.75) is 37.6 Å². The Bertz CT molecular complexity index is 520. The molecule has 1 saturated carbocycles. The average Bonchev–Trinajstić information content (AvgIpc) is 2.49. The van der Waals surface area contributed by atoms with Gasteiger partial charge in [0.05, 0.1) is 5.54 Å². The van der Waals surface area contributed by atoms with Gasteiger partial charge in [-0.3, -0.25) is 9.59 Å². The summed E-state index contributed by atoms with van der Waals surface area (Å²) in [5, 5.41) is 9.64. The molecular formula is C14H20N4O2. The molecule has 0 atom stereocenters. The second-order valence-corrected chi connectivity index (χ2v) is 5.73. The van der Waals surface area contributed by atoms with Gasteiger partial charge in [-0.15, -0.1) is 0 Å². The van der Waals surface area contributed by atoms with Crippen molar-refractivity contribution in [1.82, 2.24) is 20.4 Å². The van der Waals surface area contributed by atoms with E-state index in [4.69, 9.17) is 0 Å². The summed E-state index contributed by atoms with van der Waals surface area (Å²) in [6.45, 7) is 2.39. The van der Waals surface area contributed by atoms with Crippen LogP contribution in [0.5, 0.6) is 0 Å². The fraction of sp³-hybridized carbons (Fsp3) is 0.643. The highest BCUT2D eigenvalue weighted by Gasteiger charge is 2.42. The van der Waals surface area contributed by atoms with E-state index >= 15 is 0 Å². The molecule has 1 aromatic heterocycles. The van der Waals surface area contributed by atoms with Crippen molar-refractivity contribution in [3.8, 4) is 0 Å². The lowest BCUT2D eigenvalue weighted by Gasteiger charge is -2.49. The van der Waals surface area contributed by atoms with E-state index < -0.39 is 0 Å². The van der Waals surface area contributed by atoms with E-state index in [-0.39, 0.29) is 17.0 Å². The fourth-order valence-corrected chi connectivity index (χ4v) is 3.42. The Hall–Kier alpha value is -1.69. The third-order valence-electron chi connectivity index (χ3n) is 4.47. The number of amides is 1. The molecule has 6 heteroatoms. The molecule has 0 radical (unpaired) electrons. The van der Waals surface area contributed by atoms with Gasteiger partial charge in [-0.2, -0.15) is 5.10 Å². The monoisotopic (exact) mass is 276 g/mol. The number of carbonyl (C=O) groups is 1. The number of hydrogen-bond donors (Lipinski definition) is 2. The van der Waals surface area contributed by atoms with Gasteiger partial charge in [-0.1, -0.05) is 19.3 Å². The largest absolute Gasteiger partial charge is 0.329 e. The van der Waals surface area contributed by atoms with Crippen LogP contribution in [0.25, 0.3) is 0 Å². The molecule has 2 fully saturated rings. The van der Waals surface area contributed by atoms with Crippen LogP contribution in [0.1, 0.15) is 42.6 Å². The second kappa shape index (κ2) is 5.36. The quantitative estimate of drug-likeness (QED) is 0.784. The first-order chi connectivity index (χ1) is 9.71.